The average molecular weight is 302 g/mol. The Morgan fingerprint density at radius 1 is 1.20 bits per heavy atom. The van der Waals surface area contributed by atoms with E-state index in [1.54, 1.807) is 18.2 Å². The number of benzene rings is 1. The molecule has 0 heterocycles. The monoisotopic (exact) mass is 302 g/mol. The van der Waals surface area contributed by atoms with E-state index in [1.807, 2.05) is 13.8 Å². The number of sulfonamides is 1. The van der Waals surface area contributed by atoms with Crippen LogP contribution in [0.3, 0.4) is 0 Å². The molecular weight excluding hydrogens is 279 g/mol. The quantitative estimate of drug-likeness (QED) is 0.686. The first-order chi connectivity index (χ1) is 9.41. The Hall–Kier alpha value is -0.980. The van der Waals surface area contributed by atoms with Crippen LogP contribution in [0.15, 0.2) is 24.3 Å². The van der Waals surface area contributed by atoms with Crippen molar-refractivity contribution in [2.75, 3.05) is 12.3 Å². The summed E-state index contributed by atoms with van der Waals surface area (Å²) in [6.45, 7) is 4.90. The van der Waals surface area contributed by atoms with Crippen LogP contribution < -0.4 is 10.0 Å². The molecule has 0 radical (unpaired) electrons. The Kier molecular flexibility index (Phi) is 7.12. The van der Waals surface area contributed by atoms with E-state index < -0.39 is 15.8 Å². The van der Waals surface area contributed by atoms with Gasteiger partial charge in [-0.25, -0.2) is 17.5 Å². The Bertz CT molecular complexity index is 504. The van der Waals surface area contributed by atoms with Gasteiger partial charge >= 0.3 is 0 Å². The second-order valence-electron chi connectivity index (χ2n) is 5.05. The Morgan fingerprint density at radius 2 is 1.90 bits per heavy atom. The lowest BCUT2D eigenvalue weighted by Crippen LogP contribution is -2.27. The minimum atomic E-state index is -3.34. The normalized spacial score (nSPS) is 12.0. The fraction of sp³-hybridized carbons (Fsp3) is 0.571. The van der Waals surface area contributed by atoms with Crippen LogP contribution in [-0.4, -0.2) is 26.8 Å². The third kappa shape index (κ3) is 6.98. The van der Waals surface area contributed by atoms with Crippen molar-refractivity contribution in [1.82, 2.24) is 10.0 Å². The molecule has 1 rings (SSSR count). The van der Waals surface area contributed by atoms with Crippen molar-refractivity contribution in [1.29, 1.82) is 0 Å². The van der Waals surface area contributed by atoms with E-state index in [4.69, 9.17) is 0 Å². The Morgan fingerprint density at radius 3 is 2.55 bits per heavy atom. The van der Waals surface area contributed by atoms with Gasteiger partial charge in [-0.1, -0.05) is 32.0 Å². The van der Waals surface area contributed by atoms with E-state index in [9.17, 15) is 12.8 Å². The van der Waals surface area contributed by atoms with Crippen molar-refractivity contribution >= 4 is 10.0 Å². The van der Waals surface area contributed by atoms with Gasteiger partial charge in [-0.05, 0) is 25.5 Å². The summed E-state index contributed by atoms with van der Waals surface area (Å²) in [4.78, 5) is 0. The minimum Gasteiger partial charge on any atom is -0.315 e. The zero-order chi connectivity index (χ0) is 15.0. The number of hydrogen-bond donors (Lipinski definition) is 2. The first-order valence-electron chi connectivity index (χ1n) is 6.85. The molecule has 0 spiro atoms. The van der Waals surface area contributed by atoms with Crippen LogP contribution in [0, 0.1) is 5.82 Å². The topological polar surface area (TPSA) is 58.2 Å². The first-order valence-corrected chi connectivity index (χ1v) is 8.50. The highest BCUT2D eigenvalue weighted by atomic mass is 32.2. The number of nitrogens with one attached hydrogen (secondary N) is 2. The van der Waals surface area contributed by atoms with Crippen molar-refractivity contribution in [2.24, 2.45) is 0 Å². The molecule has 114 valence electrons. The molecule has 0 bridgehead atoms. The second kappa shape index (κ2) is 8.34. The second-order valence-corrected chi connectivity index (χ2v) is 6.97. The number of hydrogen-bond acceptors (Lipinski definition) is 3. The van der Waals surface area contributed by atoms with Crippen LogP contribution >= 0.6 is 0 Å². The smallest absolute Gasteiger partial charge is 0.211 e. The summed E-state index contributed by atoms with van der Waals surface area (Å²) < 4.78 is 39.3. The molecule has 0 saturated heterocycles. The maximum absolute atomic E-state index is 13.3. The van der Waals surface area contributed by atoms with Gasteiger partial charge in [0.2, 0.25) is 10.0 Å². The summed E-state index contributed by atoms with van der Waals surface area (Å²) in [6.07, 6.45) is 1.39. The molecule has 2 N–H and O–H groups in total. The molecule has 0 atom stereocenters. The zero-order valence-electron chi connectivity index (χ0n) is 12.0. The van der Waals surface area contributed by atoms with Crippen molar-refractivity contribution in [3.63, 3.8) is 0 Å². The number of unbranched alkanes of at least 4 members (excludes halogenated alkanes) is 1. The van der Waals surface area contributed by atoms with Crippen molar-refractivity contribution in [3.8, 4) is 0 Å². The summed E-state index contributed by atoms with van der Waals surface area (Å²) in [5, 5.41) is 3.23. The lowest BCUT2D eigenvalue weighted by Gasteiger charge is -2.09. The van der Waals surface area contributed by atoms with Gasteiger partial charge in [0, 0.05) is 18.2 Å². The van der Waals surface area contributed by atoms with E-state index in [1.165, 1.54) is 6.07 Å². The highest BCUT2D eigenvalue weighted by molar-refractivity contribution is 7.89. The van der Waals surface area contributed by atoms with Gasteiger partial charge in [-0.2, -0.15) is 0 Å². The molecule has 1 aromatic carbocycles. The molecule has 0 fully saturated rings. The minimum absolute atomic E-state index is 0.000743. The van der Waals surface area contributed by atoms with Crippen LogP contribution in [-0.2, 0) is 16.6 Å². The van der Waals surface area contributed by atoms with Gasteiger partial charge in [0.05, 0.1) is 5.75 Å². The summed E-state index contributed by atoms with van der Waals surface area (Å²) in [6, 6.07) is 6.57. The van der Waals surface area contributed by atoms with Crippen LogP contribution in [0.5, 0.6) is 0 Å². The van der Waals surface area contributed by atoms with E-state index >= 15 is 0 Å². The standard InChI is InChI=1S/C14H23FN2O2S/c1-12(2)16-9-5-6-10-20(18,19)17-11-13-7-3-4-8-14(13)15/h3-4,7-8,12,16-17H,5-6,9-11H2,1-2H3. The van der Waals surface area contributed by atoms with Crippen LogP contribution in [0.1, 0.15) is 32.3 Å². The highest BCUT2D eigenvalue weighted by Crippen LogP contribution is 2.06. The third-order valence-corrected chi connectivity index (χ3v) is 4.24. The third-order valence-electron chi connectivity index (χ3n) is 2.83. The van der Waals surface area contributed by atoms with Gasteiger partial charge in [0.15, 0.2) is 0 Å². The molecule has 0 saturated carbocycles. The Labute approximate surface area is 120 Å². The molecule has 20 heavy (non-hydrogen) atoms. The largest absolute Gasteiger partial charge is 0.315 e. The van der Waals surface area contributed by atoms with Gasteiger partial charge < -0.3 is 5.32 Å². The van der Waals surface area contributed by atoms with Crippen LogP contribution in [0.2, 0.25) is 0 Å². The maximum atomic E-state index is 13.3. The molecule has 0 aliphatic heterocycles. The maximum Gasteiger partial charge on any atom is 0.211 e. The molecular formula is C14H23FN2O2S. The molecule has 0 aliphatic carbocycles. The van der Waals surface area contributed by atoms with Crippen LogP contribution in [0.4, 0.5) is 4.39 Å². The van der Waals surface area contributed by atoms with Gasteiger partial charge in [-0.15, -0.1) is 0 Å². The van der Waals surface area contributed by atoms with E-state index in [-0.39, 0.29) is 12.3 Å². The van der Waals surface area contributed by atoms with E-state index in [2.05, 4.69) is 10.0 Å². The average Bonchev–Trinajstić information content (AvgIpc) is 2.37. The van der Waals surface area contributed by atoms with E-state index in [0.717, 1.165) is 13.0 Å². The zero-order valence-corrected chi connectivity index (χ0v) is 12.8. The summed E-state index contributed by atoms with van der Waals surface area (Å²) in [7, 11) is -3.34. The molecule has 6 heteroatoms. The van der Waals surface area contributed by atoms with E-state index in [0.29, 0.717) is 18.0 Å². The predicted molar refractivity (Wildman–Crippen MR) is 79.4 cm³/mol. The van der Waals surface area contributed by atoms with Crippen molar-refractivity contribution in [3.05, 3.63) is 35.6 Å². The number of rotatable bonds is 9. The highest BCUT2D eigenvalue weighted by Gasteiger charge is 2.10. The molecule has 0 amide bonds. The van der Waals surface area contributed by atoms with Gasteiger partial charge in [0.25, 0.3) is 0 Å². The molecule has 4 nitrogen and oxygen atoms in total. The lowest BCUT2D eigenvalue weighted by atomic mass is 10.2. The van der Waals surface area contributed by atoms with Crippen LogP contribution in [0.25, 0.3) is 0 Å². The fourth-order valence-corrected chi connectivity index (χ4v) is 2.81. The summed E-state index contributed by atoms with van der Waals surface area (Å²) in [5.41, 5.74) is 0.359. The van der Waals surface area contributed by atoms with Gasteiger partial charge in [-0.3, -0.25) is 0 Å². The first kappa shape index (κ1) is 17.1. The fourth-order valence-electron chi connectivity index (χ4n) is 1.71. The SMILES string of the molecule is CC(C)NCCCCS(=O)(=O)NCc1ccccc1F. The molecule has 0 unspecified atom stereocenters. The summed E-state index contributed by atoms with van der Waals surface area (Å²) >= 11 is 0. The molecule has 0 aromatic heterocycles. The Balaban J connectivity index is 2.30. The van der Waals surface area contributed by atoms with Crippen molar-refractivity contribution in [2.45, 2.75) is 39.3 Å². The predicted octanol–water partition coefficient (Wildman–Crippen LogP) is 2.02. The van der Waals surface area contributed by atoms with Crippen molar-refractivity contribution < 1.29 is 12.8 Å². The summed E-state index contributed by atoms with van der Waals surface area (Å²) in [5.74, 6) is -0.322. The molecule has 0 aliphatic rings. The number of halogens is 1. The van der Waals surface area contributed by atoms with Gasteiger partial charge in [0.1, 0.15) is 5.82 Å². The lowest BCUT2D eigenvalue weighted by molar-refractivity contribution is 0.553. The molecule has 1 aromatic rings.